The molecule has 0 radical (unpaired) electrons. The number of hydrogen-bond acceptors (Lipinski definition) is 2. The average Bonchev–Trinajstić information content (AvgIpc) is 3.05. The quantitative estimate of drug-likeness (QED) is 0.461. The monoisotopic (exact) mass is 363 g/mol. The van der Waals surface area contributed by atoms with Gasteiger partial charge in [-0.25, -0.2) is 14.2 Å². The second-order valence-electron chi connectivity index (χ2n) is 6.56. The molecule has 134 valence electrons. The largest absolute Gasteiger partial charge is 0.339 e. The lowest BCUT2D eigenvalue weighted by atomic mass is 10.2. The molecule has 2 aromatic heterocycles. The van der Waals surface area contributed by atoms with Crippen LogP contribution in [0.5, 0.6) is 0 Å². The maximum Gasteiger partial charge on any atom is 0.339 e. The van der Waals surface area contributed by atoms with E-state index in [1.807, 2.05) is 103 Å². The van der Waals surface area contributed by atoms with Gasteiger partial charge in [-0.1, -0.05) is 72.8 Å². The Kier molecular flexibility index (Phi) is 3.87. The first-order valence-corrected chi connectivity index (χ1v) is 9.13. The summed E-state index contributed by atoms with van der Waals surface area (Å²) in [5.74, 6) is 0. The van der Waals surface area contributed by atoms with Crippen LogP contribution < -0.4 is 5.69 Å². The highest BCUT2D eigenvalue weighted by Crippen LogP contribution is 2.21. The third-order valence-electron chi connectivity index (χ3n) is 4.82. The van der Waals surface area contributed by atoms with Gasteiger partial charge in [0.1, 0.15) is 0 Å². The van der Waals surface area contributed by atoms with Crippen LogP contribution in [0.15, 0.2) is 95.9 Å². The lowest BCUT2D eigenvalue weighted by Gasteiger charge is -2.03. The van der Waals surface area contributed by atoms with Crippen molar-refractivity contribution in [3.05, 3.63) is 113 Å². The van der Waals surface area contributed by atoms with Gasteiger partial charge in [0.2, 0.25) is 0 Å². The van der Waals surface area contributed by atoms with Crippen molar-refractivity contribution in [3.63, 3.8) is 0 Å². The summed E-state index contributed by atoms with van der Waals surface area (Å²) >= 11 is 0. The fraction of sp³-hybridized carbons (Fsp3) is 0. The van der Waals surface area contributed by atoms with E-state index in [-0.39, 0.29) is 5.69 Å². The molecule has 0 spiro atoms. The Balaban J connectivity index is 1.85. The highest BCUT2D eigenvalue weighted by molar-refractivity contribution is 5.84. The van der Waals surface area contributed by atoms with Crippen molar-refractivity contribution in [2.45, 2.75) is 0 Å². The summed E-state index contributed by atoms with van der Waals surface area (Å²) in [6.45, 7) is 0. The summed E-state index contributed by atoms with van der Waals surface area (Å²) < 4.78 is 3.40. The standard InChI is InChI=1S/C24H17N3O/c28-24-26(20-12-5-2-6-13-20)22(16-15-18-9-3-1-4-10-18)23-25-17-19-11-7-8-14-21(19)27(23)24/h1-17H/b16-15+. The van der Waals surface area contributed by atoms with E-state index in [0.717, 1.165) is 27.8 Å². The molecule has 0 aliphatic heterocycles. The number of fused-ring (bicyclic) bond motifs is 3. The second kappa shape index (κ2) is 6.67. The Morgan fingerprint density at radius 3 is 2.21 bits per heavy atom. The zero-order valence-electron chi connectivity index (χ0n) is 15.1. The first kappa shape index (κ1) is 16.3. The van der Waals surface area contributed by atoms with Crippen LogP contribution in [-0.4, -0.2) is 14.0 Å². The summed E-state index contributed by atoms with van der Waals surface area (Å²) in [4.78, 5) is 18.0. The SMILES string of the molecule is O=c1n(-c2ccccc2)c(/C=C/c2ccccc2)c2ncc3ccccc3n12. The Morgan fingerprint density at radius 2 is 1.43 bits per heavy atom. The number of aromatic nitrogens is 3. The predicted molar refractivity (Wildman–Crippen MR) is 114 cm³/mol. The minimum atomic E-state index is -0.127. The molecule has 2 heterocycles. The van der Waals surface area contributed by atoms with Crippen molar-refractivity contribution in [2.75, 3.05) is 0 Å². The summed E-state index contributed by atoms with van der Waals surface area (Å²) in [6, 6.07) is 27.5. The van der Waals surface area contributed by atoms with Crippen molar-refractivity contribution in [2.24, 2.45) is 0 Å². The van der Waals surface area contributed by atoms with E-state index in [1.54, 1.807) is 8.97 Å². The topological polar surface area (TPSA) is 39.3 Å². The number of benzene rings is 3. The van der Waals surface area contributed by atoms with Crippen molar-refractivity contribution in [1.82, 2.24) is 14.0 Å². The third kappa shape index (κ3) is 2.63. The lowest BCUT2D eigenvalue weighted by molar-refractivity contribution is 0.949. The van der Waals surface area contributed by atoms with E-state index in [9.17, 15) is 4.79 Å². The normalized spacial score (nSPS) is 11.6. The van der Waals surface area contributed by atoms with E-state index in [4.69, 9.17) is 0 Å². The molecule has 3 aromatic carbocycles. The van der Waals surface area contributed by atoms with Crippen LogP contribution in [0.25, 0.3) is 34.4 Å². The van der Waals surface area contributed by atoms with E-state index in [2.05, 4.69) is 4.98 Å². The maximum absolute atomic E-state index is 13.4. The molecule has 28 heavy (non-hydrogen) atoms. The van der Waals surface area contributed by atoms with Crippen LogP contribution in [0.2, 0.25) is 0 Å². The van der Waals surface area contributed by atoms with Gasteiger partial charge in [0.05, 0.1) is 16.9 Å². The van der Waals surface area contributed by atoms with E-state index in [0.29, 0.717) is 5.65 Å². The molecule has 0 fully saturated rings. The predicted octanol–water partition coefficient (Wildman–Crippen LogP) is 4.81. The summed E-state index contributed by atoms with van der Waals surface area (Å²) in [5, 5.41) is 0.931. The molecule has 5 rings (SSSR count). The number of hydrogen-bond donors (Lipinski definition) is 0. The van der Waals surface area contributed by atoms with Crippen LogP contribution >= 0.6 is 0 Å². The van der Waals surface area contributed by atoms with Crippen molar-refractivity contribution in [1.29, 1.82) is 0 Å². The first-order valence-electron chi connectivity index (χ1n) is 9.13. The van der Waals surface area contributed by atoms with Crippen LogP contribution in [0.1, 0.15) is 11.3 Å². The lowest BCUT2D eigenvalue weighted by Crippen LogP contribution is -2.19. The molecule has 0 unspecified atom stereocenters. The van der Waals surface area contributed by atoms with Gasteiger partial charge in [0, 0.05) is 11.6 Å². The molecule has 0 bridgehead atoms. The summed E-state index contributed by atoms with van der Waals surface area (Å²) in [6.07, 6.45) is 5.78. The van der Waals surface area contributed by atoms with Crippen molar-refractivity contribution in [3.8, 4) is 5.69 Å². The van der Waals surface area contributed by atoms with Gasteiger partial charge in [-0.2, -0.15) is 0 Å². The van der Waals surface area contributed by atoms with Crippen LogP contribution in [0.3, 0.4) is 0 Å². The Labute approximate surface area is 161 Å². The van der Waals surface area contributed by atoms with Gasteiger partial charge in [-0.3, -0.25) is 4.57 Å². The van der Waals surface area contributed by atoms with Gasteiger partial charge in [-0.05, 0) is 29.8 Å². The van der Waals surface area contributed by atoms with E-state index >= 15 is 0 Å². The number of para-hydroxylation sites is 2. The smallest absolute Gasteiger partial charge is 0.259 e. The van der Waals surface area contributed by atoms with Gasteiger partial charge in [0.15, 0.2) is 5.65 Å². The molecular formula is C24H17N3O. The maximum atomic E-state index is 13.4. The summed E-state index contributed by atoms with van der Waals surface area (Å²) in [7, 11) is 0. The Hall–Kier alpha value is -3.92. The van der Waals surface area contributed by atoms with Gasteiger partial charge >= 0.3 is 5.69 Å². The molecule has 0 saturated carbocycles. The molecule has 0 N–H and O–H groups in total. The van der Waals surface area contributed by atoms with Gasteiger partial charge in [-0.15, -0.1) is 0 Å². The van der Waals surface area contributed by atoms with Crippen molar-refractivity contribution < 1.29 is 0 Å². The fourth-order valence-electron chi connectivity index (χ4n) is 3.50. The molecule has 4 nitrogen and oxygen atoms in total. The van der Waals surface area contributed by atoms with Crippen molar-refractivity contribution >= 4 is 28.7 Å². The third-order valence-corrected chi connectivity index (χ3v) is 4.82. The minimum absolute atomic E-state index is 0.127. The molecular weight excluding hydrogens is 346 g/mol. The molecule has 0 aliphatic rings. The first-order chi connectivity index (χ1) is 13.8. The van der Waals surface area contributed by atoms with Crippen LogP contribution in [-0.2, 0) is 0 Å². The zero-order chi connectivity index (χ0) is 18.9. The Morgan fingerprint density at radius 1 is 0.750 bits per heavy atom. The number of nitrogens with zero attached hydrogens (tertiary/aromatic N) is 3. The zero-order valence-corrected chi connectivity index (χ0v) is 15.1. The van der Waals surface area contributed by atoms with Gasteiger partial charge < -0.3 is 0 Å². The van der Waals surface area contributed by atoms with Gasteiger partial charge in [0.25, 0.3) is 0 Å². The molecule has 0 atom stereocenters. The second-order valence-corrected chi connectivity index (χ2v) is 6.56. The summed E-state index contributed by atoms with van der Waals surface area (Å²) in [5.41, 5.74) is 4.00. The highest BCUT2D eigenvalue weighted by atomic mass is 16.1. The molecule has 5 aromatic rings. The van der Waals surface area contributed by atoms with E-state index in [1.165, 1.54) is 0 Å². The van der Waals surface area contributed by atoms with Crippen LogP contribution in [0, 0.1) is 0 Å². The van der Waals surface area contributed by atoms with E-state index < -0.39 is 0 Å². The molecule has 4 heteroatoms. The average molecular weight is 363 g/mol. The minimum Gasteiger partial charge on any atom is -0.259 e. The molecule has 0 aliphatic carbocycles. The van der Waals surface area contributed by atoms with Crippen LogP contribution in [0.4, 0.5) is 0 Å². The number of rotatable bonds is 3. The Bertz CT molecular complexity index is 1360. The number of imidazole rings is 1. The molecule has 0 amide bonds. The molecule has 0 saturated heterocycles. The highest BCUT2D eigenvalue weighted by Gasteiger charge is 2.17. The fourth-order valence-corrected chi connectivity index (χ4v) is 3.50.